The quantitative estimate of drug-likeness (QED) is 0.565. The molecule has 9 heteroatoms. The molecular weight excluding hydrogens is 467 g/mol. The van der Waals surface area contributed by atoms with Crippen molar-refractivity contribution in [2.75, 3.05) is 0 Å². The van der Waals surface area contributed by atoms with Gasteiger partial charge in [-0.15, -0.1) is 0 Å². The van der Waals surface area contributed by atoms with Gasteiger partial charge in [0, 0.05) is 12.4 Å². The van der Waals surface area contributed by atoms with Crippen LogP contribution < -0.4 is 10.6 Å². The summed E-state index contributed by atoms with van der Waals surface area (Å²) >= 11 is 0. The SMILES string of the molecule is Cc1cccc(C[C@H](NC(=O)C2(NC(=O)c3cnccn3)CC2)B2O[C@@H]3CC4C[C@@H](C4(C)C)[C@]3(C)O2)c1. The van der Waals surface area contributed by atoms with E-state index in [9.17, 15) is 9.59 Å². The molecule has 37 heavy (non-hydrogen) atoms. The molecule has 2 N–H and O–H groups in total. The summed E-state index contributed by atoms with van der Waals surface area (Å²) in [5, 5.41) is 6.12. The van der Waals surface area contributed by atoms with Gasteiger partial charge in [-0.25, -0.2) is 4.98 Å². The van der Waals surface area contributed by atoms with E-state index in [1.807, 2.05) is 6.07 Å². The van der Waals surface area contributed by atoms with Crippen LogP contribution in [0.3, 0.4) is 0 Å². The van der Waals surface area contributed by atoms with E-state index in [2.05, 4.69) is 66.5 Å². The average Bonchev–Trinajstić information content (AvgIpc) is 3.56. The van der Waals surface area contributed by atoms with Gasteiger partial charge in [0.1, 0.15) is 11.2 Å². The van der Waals surface area contributed by atoms with Crippen molar-refractivity contribution in [2.45, 2.75) is 83.0 Å². The lowest BCUT2D eigenvalue weighted by atomic mass is 9.43. The predicted molar refractivity (Wildman–Crippen MR) is 138 cm³/mol. The highest BCUT2D eigenvalue weighted by Gasteiger charge is 2.68. The molecule has 7 rings (SSSR count). The number of hydrogen-bond acceptors (Lipinski definition) is 6. The Hall–Kier alpha value is -2.78. The maximum atomic E-state index is 13.6. The van der Waals surface area contributed by atoms with Crippen LogP contribution >= 0.6 is 0 Å². The van der Waals surface area contributed by atoms with Crippen LogP contribution in [0.5, 0.6) is 0 Å². The van der Waals surface area contributed by atoms with Gasteiger partial charge in [-0.1, -0.05) is 43.7 Å². The van der Waals surface area contributed by atoms with Crippen molar-refractivity contribution in [3.63, 3.8) is 0 Å². The zero-order valence-corrected chi connectivity index (χ0v) is 22.0. The van der Waals surface area contributed by atoms with Crippen molar-refractivity contribution < 1.29 is 18.9 Å². The fourth-order valence-electron chi connectivity index (χ4n) is 6.92. The van der Waals surface area contributed by atoms with Crippen molar-refractivity contribution in [3.05, 3.63) is 59.7 Å². The predicted octanol–water partition coefficient (Wildman–Crippen LogP) is 3.04. The van der Waals surface area contributed by atoms with Gasteiger partial charge in [0.05, 0.1) is 23.8 Å². The number of carbonyl (C=O) groups is 2. The fraction of sp³-hybridized carbons (Fsp3) is 0.571. The Labute approximate surface area is 218 Å². The molecule has 0 radical (unpaired) electrons. The third-order valence-corrected chi connectivity index (χ3v) is 9.49. The van der Waals surface area contributed by atoms with Crippen LogP contribution in [0.15, 0.2) is 42.9 Å². The van der Waals surface area contributed by atoms with E-state index in [1.165, 1.54) is 25.0 Å². The summed E-state index contributed by atoms with van der Waals surface area (Å²) < 4.78 is 13.3. The summed E-state index contributed by atoms with van der Waals surface area (Å²) in [6, 6.07) is 8.29. The Bertz CT molecular complexity index is 1220. The van der Waals surface area contributed by atoms with Crippen LogP contribution in [0.25, 0.3) is 0 Å². The van der Waals surface area contributed by atoms with E-state index in [0.29, 0.717) is 31.1 Å². The molecule has 194 valence electrons. The van der Waals surface area contributed by atoms with E-state index in [-0.39, 0.29) is 34.7 Å². The second-order valence-electron chi connectivity index (χ2n) is 12.2. The number of carbonyl (C=O) groups excluding carboxylic acids is 2. The van der Waals surface area contributed by atoms with Gasteiger partial charge in [-0.05, 0) is 68.8 Å². The van der Waals surface area contributed by atoms with E-state index in [0.717, 1.165) is 17.5 Å². The second kappa shape index (κ2) is 8.63. The number of amides is 2. The van der Waals surface area contributed by atoms with Crippen LogP contribution in [0.2, 0.25) is 0 Å². The molecule has 1 aromatic heterocycles. The van der Waals surface area contributed by atoms with E-state index < -0.39 is 18.6 Å². The molecule has 1 aromatic carbocycles. The Morgan fingerprint density at radius 2 is 2.00 bits per heavy atom. The Balaban J connectivity index is 1.22. The molecule has 1 aliphatic heterocycles. The number of benzene rings is 1. The zero-order valence-electron chi connectivity index (χ0n) is 22.0. The van der Waals surface area contributed by atoms with Crippen LogP contribution in [0.4, 0.5) is 0 Å². The first-order valence-electron chi connectivity index (χ1n) is 13.4. The first-order chi connectivity index (χ1) is 17.6. The van der Waals surface area contributed by atoms with E-state index >= 15 is 0 Å². The third-order valence-electron chi connectivity index (χ3n) is 9.49. The van der Waals surface area contributed by atoms with Crippen molar-refractivity contribution >= 4 is 18.9 Å². The van der Waals surface area contributed by atoms with Crippen LogP contribution in [-0.4, -0.2) is 52.1 Å². The molecule has 2 aromatic rings. The van der Waals surface area contributed by atoms with Gasteiger partial charge in [0.2, 0.25) is 5.91 Å². The minimum Gasteiger partial charge on any atom is -0.404 e. The van der Waals surface area contributed by atoms with E-state index in [1.54, 1.807) is 0 Å². The van der Waals surface area contributed by atoms with Crippen LogP contribution in [0, 0.1) is 24.2 Å². The van der Waals surface area contributed by atoms with Gasteiger partial charge in [-0.2, -0.15) is 0 Å². The molecule has 5 atom stereocenters. The number of aromatic nitrogens is 2. The smallest absolute Gasteiger partial charge is 0.404 e. The van der Waals surface area contributed by atoms with Gasteiger partial charge < -0.3 is 19.9 Å². The first kappa shape index (κ1) is 24.6. The number of nitrogens with one attached hydrogen (secondary N) is 2. The number of aryl methyl sites for hydroxylation is 1. The molecule has 2 bridgehead atoms. The molecule has 4 saturated carbocycles. The molecule has 2 heterocycles. The molecule has 1 saturated heterocycles. The largest absolute Gasteiger partial charge is 0.482 e. The summed E-state index contributed by atoms with van der Waals surface area (Å²) in [6.45, 7) is 8.93. The van der Waals surface area contributed by atoms with E-state index in [4.69, 9.17) is 9.31 Å². The lowest BCUT2D eigenvalue weighted by Gasteiger charge is -2.64. The molecular formula is C28H35BN4O4. The standard InChI is InChI=1S/C28H35BN4O4/c1-17-6-5-7-18(12-17)13-23(29-36-22-15-19-14-21(26(19,2)3)27(22,4)37-29)32-25(35)28(8-9-28)33-24(34)20-16-30-10-11-31-20/h5-7,10-12,16,19,21-23H,8-9,13-15H2,1-4H3,(H,32,35)(H,33,34)/t19?,21-,22+,23-,27-/m0/s1. The van der Waals surface area contributed by atoms with Crippen LogP contribution in [-0.2, 0) is 20.5 Å². The van der Waals surface area contributed by atoms with Crippen LogP contribution in [0.1, 0.15) is 68.1 Å². The molecule has 2 amide bonds. The van der Waals surface area contributed by atoms with Gasteiger partial charge >= 0.3 is 7.12 Å². The lowest BCUT2D eigenvalue weighted by Crippen LogP contribution is -2.65. The molecule has 5 fully saturated rings. The fourth-order valence-corrected chi connectivity index (χ4v) is 6.92. The summed E-state index contributed by atoms with van der Waals surface area (Å²) in [5.74, 6) is 0.0888. The summed E-state index contributed by atoms with van der Waals surface area (Å²) in [5.41, 5.74) is 1.39. The monoisotopic (exact) mass is 502 g/mol. The molecule has 4 aliphatic carbocycles. The van der Waals surface area contributed by atoms with Crippen molar-refractivity contribution in [2.24, 2.45) is 17.3 Å². The highest BCUT2D eigenvalue weighted by Crippen LogP contribution is 2.65. The highest BCUT2D eigenvalue weighted by molar-refractivity contribution is 6.48. The highest BCUT2D eigenvalue weighted by atomic mass is 16.7. The second-order valence-corrected chi connectivity index (χ2v) is 12.2. The molecule has 8 nitrogen and oxygen atoms in total. The maximum absolute atomic E-state index is 13.6. The Kier molecular flexibility index (Phi) is 5.73. The number of hydrogen-bond donors (Lipinski definition) is 2. The lowest BCUT2D eigenvalue weighted by molar-refractivity contribution is -0.199. The Morgan fingerprint density at radius 3 is 2.68 bits per heavy atom. The molecule has 1 unspecified atom stereocenters. The van der Waals surface area contributed by atoms with Crippen molar-refractivity contribution in [3.8, 4) is 0 Å². The summed E-state index contributed by atoms with van der Waals surface area (Å²) in [4.78, 5) is 34.4. The first-order valence-corrected chi connectivity index (χ1v) is 13.4. The number of nitrogens with zero attached hydrogens (tertiary/aromatic N) is 2. The minimum absolute atomic E-state index is 0.0254. The van der Waals surface area contributed by atoms with Gasteiger partial charge in [0.25, 0.3) is 5.91 Å². The minimum atomic E-state index is -0.946. The molecule has 0 spiro atoms. The average molecular weight is 502 g/mol. The number of rotatable bonds is 7. The summed E-state index contributed by atoms with van der Waals surface area (Å²) in [6.07, 6.45) is 8.29. The van der Waals surface area contributed by atoms with Crippen molar-refractivity contribution in [1.82, 2.24) is 20.6 Å². The van der Waals surface area contributed by atoms with Gasteiger partial charge in [0.15, 0.2) is 0 Å². The normalized spacial score (nSPS) is 31.0. The van der Waals surface area contributed by atoms with Crippen molar-refractivity contribution in [1.29, 1.82) is 0 Å². The Morgan fingerprint density at radius 1 is 1.19 bits per heavy atom. The van der Waals surface area contributed by atoms with Gasteiger partial charge in [-0.3, -0.25) is 14.6 Å². The molecule has 5 aliphatic rings. The zero-order chi connectivity index (χ0) is 26.0. The maximum Gasteiger partial charge on any atom is 0.482 e. The summed E-state index contributed by atoms with van der Waals surface area (Å²) in [7, 11) is -0.555. The third kappa shape index (κ3) is 4.16. The topological polar surface area (TPSA) is 102 Å².